The van der Waals surface area contributed by atoms with Crippen LogP contribution in [0.3, 0.4) is 0 Å². The first-order valence-corrected chi connectivity index (χ1v) is 10.4. The van der Waals surface area contributed by atoms with E-state index in [9.17, 15) is 4.79 Å². The van der Waals surface area contributed by atoms with Crippen molar-refractivity contribution in [1.29, 1.82) is 0 Å². The zero-order chi connectivity index (χ0) is 18.0. The number of hydrogen-bond acceptors (Lipinski definition) is 3. The number of ether oxygens (including phenoxy) is 1. The number of benzene rings is 1. The number of hydrogen-bond donors (Lipinski definition) is 2. The first-order valence-electron chi connectivity index (χ1n) is 9.99. The number of rotatable bonds is 5. The summed E-state index contributed by atoms with van der Waals surface area (Å²) >= 11 is 6.06. The summed E-state index contributed by atoms with van der Waals surface area (Å²) in [6.45, 7) is 2.18. The van der Waals surface area contributed by atoms with E-state index in [-0.39, 0.29) is 23.7 Å². The molecule has 1 aromatic carbocycles. The molecule has 1 amide bonds. The molecule has 3 aliphatic rings. The second kappa shape index (κ2) is 9.13. The molecule has 150 valence electrons. The van der Waals surface area contributed by atoms with E-state index in [4.69, 9.17) is 16.3 Å². The van der Waals surface area contributed by atoms with Crippen LogP contribution in [0, 0.1) is 5.92 Å². The fourth-order valence-corrected chi connectivity index (χ4v) is 5.20. The fourth-order valence-electron chi connectivity index (χ4n) is 5.08. The Kier molecular flexibility index (Phi) is 7.07. The van der Waals surface area contributed by atoms with Gasteiger partial charge >= 0.3 is 0 Å². The van der Waals surface area contributed by atoms with Gasteiger partial charge < -0.3 is 15.4 Å². The maximum Gasteiger partial charge on any atom is 0.220 e. The lowest BCUT2D eigenvalue weighted by Crippen LogP contribution is -2.45. The largest absolute Gasteiger partial charge is 0.381 e. The van der Waals surface area contributed by atoms with E-state index < -0.39 is 0 Å². The lowest BCUT2D eigenvalue weighted by molar-refractivity contribution is -0.122. The van der Waals surface area contributed by atoms with Crippen molar-refractivity contribution in [3.05, 3.63) is 34.9 Å². The standard InChI is InChI=1S/C21H29ClN2O2.ClH/c22-17-3-1-16(2-4-17)21(7-9-26-10-8-21)14-23-20(25)13-15-11-18-5-6-19(12-15)24-18;/h1-4,15,18-19,24H,5-14H2,(H,23,25);1H. The molecule has 3 aliphatic heterocycles. The van der Waals surface area contributed by atoms with Crippen LogP contribution in [0.5, 0.6) is 0 Å². The molecule has 0 radical (unpaired) electrons. The topological polar surface area (TPSA) is 50.4 Å². The second-order valence-electron chi connectivity index (χ2n) is 8.36. The van der Waals surface area contributed by atoms with Crippen molar-refractivity contribution in [3.8, 4) is 0 Å². The Morgan fingerprint density at radius 2 is 1.78 bits per heavy atom. The van der Waals surface area contributed by atoms with Gasteiger partial charge in [-0.25, -0.2) is 0 Å². The zero-order valence-corrected chi connectivity index (χ0v) is 17.3. The van der Waals surface area contributed by atoms with E-state index in [1.807, 2.05) is 12.1 Å². The Bertz CT molecular complexity index is 620. The second-order valence-corrected chi connectivity index (χ2v) is 8.79. The van der Waals surface area contributed by atoms with Crippen molar-refractivity contribution in [2.45, 2.75) is 62.4 Å². The Balaban J connectivity index is 0.00000210. The van der Waals surface area contributed by atoms with E-state index in [0.29, 0.717) is 31.0 Å². The highest BCUT2D eigenvalue weighted by atomic mass is 35.5. The van der Waals surface area contributed by atoms with Gasteiger partial charge in [0.05, 0.1) is 0 Å². The Morgan fingerprint density at radius 3 is 2.41 bits per heavy atom. The summed E-state index contributed by atoms with van der Waals surface area (Å²) in [5.74, 6) is 0.742. The van der Waals surface area contributed by atoms with Gasteiger partial charge in [0.2, 0.25) is 5.91 Å². The van der Waals surface area contributed by atoms with Crippen LogP contribution in [-0.4, -0.2) is 37.7 Å². The molecule has 1 aromatic rings. The van der Waals surface area contributed by atoms with Crippen LogP contribution >= 0.6 is 24.0 Å². The molecule has 0 aromatic heterocycles. The lowest BCUT2D eigenvalue weighted by Gasteiger charge is -2.38. The van der Waals surface area contributed by atoms with Gasteiger partial charge in [0.25, 0.3) is 0 Å². The highest BCUT2D eigenvalue weighted by molar-refractivity contribution is 6.30. The first kappa shape index (κ1) is 20.9. The third kappa shape index (κ3) is 4.97. The summed E-state index contributed by atoms with van der Waals surface area (Å²) in [5.41, 5.74) is 1.22. The number of halogens is 2. The van der Waals surface area contributed by atoms with Crippen LogP contribution in [0.1, 0.15) is 50.5 Å². The van der Waals surface area contributed by atoms with Crippen molar-refractivity contribution < 1.29 is 9.53 Å². The van der Waals surface area contributed by atoms with E-state index in [1.165, 1.54) is 18.4 Å². The highest BCUT2D eigenvalue weighted by Crippen LogP contribution is 2.35. The van der Waals surface area contributed by atoms with Gasteiger partial charge in [-0.1, -0.05) is 23.7 Å². The third-order valence-corrected chi connectivity index (χ3v) is 6.83. The minimum absolute atomic E-state index is 0. The van der Waals surface area contributed by atoms with Crippen LogP contribution in [0.15, 0.2) is 24.3 Å². The number of piperidine rings is 1. The average molecular weight is 413 g/mol. The van der Waals surface area contributed by atoms with Crippen LogP contribution in [0.2, 0.25) is 5.02 Å². The number of carbonyl (C=O) groups is 1. The molecule has 3 heterocycles. The van der Waals surface area contributed by atoms with Gasteiger partial charge in [-0.3, -0.25) is 4.79 Å². The van der Waals surface area contributed by atoms with Gasteiger partial charge in [-0.15, -0.1) is 12.4 Å². The van der Waals surface area contributed by atoms with E-state index in [2.05, 4.69) is 22.8 Å². The average Bonchev–Trinajstić information content (AvgIpc) is 3.00. The molecule has 2 atom stereocenters. The Morgan fingerprint density at radius 1 is 1.15 bits per heavy atom. The molecule has 2 bridgehead atoms. The van der Waals surface area contributed by atoms with Crippen LogP contribution < -0.4 is 10.6 Å². The smallest absolute Gasteiger partial charge is 0.220 e. The van der Waals surface area contributed by atoms with Gasteiger partial charge in [-0.2, -0.15) is 0 Å². The van der Waals surface area contributed by atoms with Crippen molar-refractivity contribution in [2.75, 3.05) is 19.8 Å². The van der Waals surface area contributed by atoms with Crippen molar-refractivity contribution in [2.24, 2.45) is 5.92 Å². The molecule has 4 rings (SSSR count). The molecule has 27 heavy (non-hydrogen) atoms. The molecule has 0 saturated carbocycles. The Labute approximate surface area is 173 Å². The molecule has 2 unspecified atom stereocenters. The van der Waals surface area contributed by atoms with E-state index >= 15 is 0 Å². The Hall–Kier alpha value is -0.810. The van der Waals surface area contributed by atoms with Crippen molar-refractivity contribution >= 4 is 29.9 Å². The summed E-state index contributed by atoms with van der Waals surface area (Å²) in [6, 6.07) is 9.38. The molecular formula is C21H30Cl2N2O2. The summed E-state index contributed by atoms with van der Waals surface area (Å²) in [7, 11) is 0. The summed E-state index contributed by atoms with van der Waals surface area (Å²) in [4.78, 5) is 12.6. The minimum Gasteiger partial charge on any atom is -0.381 e. The zero-order valence-electron chi connectivity index (χ0n) is 15.7. The predicted octanol–water partition coefficient (Wildman–Crippen LogP) is 3.85. The number of nitrogens with one attached hydrogen (secondary N) is 2. The maximum atomic E-state index is 12.6. The number of carbonyl (C=O) groups excluding carboxylic acids is 1. The van der Waals surface area contributed by atoms with Crippen LogP contribution in [0.4, 0.5) is 0 Å². The SMILES string of the molecule is Cl.O=C(CC1CC2CCC(C1)N2)NCC1(c2ccc(Cl)cc2)CCOCC1. The molecule has 3 fully saturated rings. The normalized spacial score (nSPS) is 29.0. The lowest BCUT2D eigenvalue weighted by atomic mass is 9.74. The number of amides is 1. The monoisotopic (exact) mass is 412 g/mol. The molecular weight excluding hydrogens is 383 g/mol. The molecule has 3 saturated heterocycles. The van der Waals surface area contributed by atoms with E-state index in [0.717, 1.165) is 43.9 Å². The summed E-state index contributed by atoms with van der Waals surface area (Å²) in [5, 5.41) is 7.66. The minimum atomic E-state index is -0.0361. The van der Waals surface area contributed by atoms with Gasteiger partial charge in [0.1, 0.15) is 0 Å². The molecule has 0 spiro atoms. The fraction of sp³-hybridized carbons (Fsp3) is 0.667. The third-order valence-electron chi connectivity index (χ3n) is 6.58. The van der Waals surface area contributed by atoms with Crippen LogP contribution in [-0.2, 0) is 14.9 Å². The van der Waals surface area contributed by atoms with Gasteiger partial charge in [-0.05, 0) is 62.1 Å². The van der Waals surface area contributed by atoms with Gasteiger partial charge in [0.15, 0.2) is 0 Å². The van der Waals surface area contributed by atoms with Crippen molar-refractivity contribution in [1.82, 2.24) is 10.6 Å². The van der Waals surface area contributed by atoms with Gasteiger partial charge in [0, 0.05) is 48.7 Å². The van der Waals surface area contributed by atoms with E-state index in [1.54, 1.807) is 0 Å². The molecule has 2 N–H and O–H groups in total. The molecule has 4 nitrogen and oxygen atoms in total. The quantitative estimate of drug-likeness (QED) is 0.771. The van der Waals surface area contributed by atoms with Crippen molar-refractivity contribution in [3.63, 3.8) is 0 Å². The summed E-state index contributed by atoms with van der Waals surface area (Å²) < 4.78 is 5.58. The number of fused-ring (bicyclic) bond motifs is 2. The van der Waals surface area contributed by atoms with Crippen LogP contribution in [0.25, 0.3) is 0 Å². The maximum absolute atomic E-state index is 12.6. The predicted molar refractivity (Wildman–Crippen MR) is 111 cm³/mol. The summed E-state index contributed by atoms with van der Waals surface area (Å²) in [6.07, 6.45) is 7.41. The highest BCUT2D eigenvalue weighted by Gasteiger charge is 2.36. The molecule has 6 heteroatoms. The molecule has 0 aliphatic carbocycles. The first-order chi connectivity index (χ1) is 12.6.